The molecule has 20 heavy (non-hydrogen) atoms. The minimum atomic E-state index is 0.00599. The van der Waals surface area contributed by atoms with Crippen LogP contribution in [0, 0.1) is 0 Å². The molecule has 0 saturated carbocycles. The van der Waals surface area contributed by atoms with Crippen LogP contribution in [-0.4, -0.2) is 19.1 Å². The summed E-state index contributed by atoms with van der Waals surface area (Å²) in [6, 6.07) is 0.00599. The maximum absolute atomic E-state index is 11.5. The van der Waals surface area contributed by atoms with Crippen molar-refractivity contribution < 1.29 is 4.79 Å². The Kier molecular flexibility index (Phi) is 15.7. The third kappa shape index (κ3) is 15.3. The van der Waals surface area contributed by atoms with E-state index in [0.717, 1.165) is 25.9 Å². The molecule has 0 bridgehead atoms. The Hall–Kier alpha value is -0.730. The van der Waals surface area contributed by atoms with Crippen molar-refractivity contribution in [2.75, 3.05) is 13.1 Å². The topological polar surface area (TPSA) is 41.1 Å². The van der Waals surface area contributed by atoms with Crippen LogP contribution in [0.5, 0.6) is 0 Å². The van der Waals surface area contributed by atoms with E-state index in [1.54, 1.807) is 0 Å². The van der Waals surface area contributed by atoms with Gasteiger partial charge >= 0.3 is 6.03 Å². The van der Waals surface area contributed by atoms with Gasteiger partial charge < -0.3 is 10.6 Å². The van der Waals surface area contributed by atoms with Crippen LogP contribution in [0.15, 0.2) is 0 Å². The predicted octanol–water partition coefficient (Wildman–Crippen LogP) is 5.01. The molecular weight excluding hydrogens is 248 g/mol. The zero-order valence-corrected chi connectivity index (χ0v) is 13.8. The molecule has 0 atom stereocenters. The molecule has 0 saturated heterocycles. The highest BCUT2D eigenvalue weighted by atomic mass is 16.2. The summed E-state index contributed by atoms with van der Waals surface area (Å²) in [6.07, 6.45) is 15.2. The fraction of sp³-hybridized carbons (Fsp3) is 0.941. The molecule has 0 aliphatic heterocycles. The summed E-state index contributed by atoms with van der Waals surface area (Å²) in [5, 5.41) is 5.87. The zero-order chi connectivity index (χ0) is 14.9. The minimum Gasteiger partial charge on any atom is -0.338 e. The number of carbonyl (C=O) groups is 1. The number of hydrogen-bond donors (Lipinski definition) is 2. The second kappa shape index (κ2) is 16.3. The summed E-state index contributed by atoms with van der Waals surface area (Å²) < 4.78 is 0. The molecule has 0 heterocycles. The first-order valence-electron chi connectivity index (χ1n) is 8.83. The van der Waals surface area contributed by atoms with Crippen molar-refractivity contribution in [2.24, 2.45) is 0 Å². The van der Waals surface area contributed by atoms with E-state index in [1.165, 1.54) is 64.2 Å². The normalized spacial score (nSPS) is 10.5. The molecule has 3 nitrogen and oxygen atoms in total. The minimum absolute atomic E-state index is 0.00599. The van der Waals surface area contributed by atoms with E-state index in [1.807, 2.05) is 0 Å². The molecule has 0 spiro atoms. The summed E-state index contributed by atoms with van der Waals surface area (Å²) in [5.74, 6) is 0. The Morgan fingerprint density at radius 2 is 0.950 bits per heavy atom. The molecule has 0 rings (SSSR count). The first-order valence-corrected chi connectivity index (χ1v) is 8.83. The van der Waals surface area contributed by atoms with Crippen molar-refractivity contribution in [1.82, 2.24) is 10.6 Å². The summed E-state index contributed by atoms with van der Waals surface area (Å²) in [4.78, 5) is 11.5. The molecule has 0 aliphatic carbocycles. The van der Waals surface area contributed by atoms with Gasteiger partial charge in [-0.3, -0.25) is 0 Å². The lowest BCUT2D eigenvalue weighted by Crippen LogP contribution is -2.36. The molecule has 0 aromatic rings. The van der Waals surface area contributed by atoms with Gasteiger partial charge in [-0.25, -0.2) is 4.79 Å². The third-order valence-electron chi connectivity index (χ3n) is 3.63. The van der Waals surface area contributed by atoms with Gasteiger partial charge in [-0.2, -0.15) is 0 Å². The van der Waals surface area contributed by atoms with Gasteiger partial charge in [0, 0.05) is 13.1 Å². The predicted molar refractivity (Wildman–Crippen MR) is 88.2 cm³/mol. The van der Waals surface area contributed by atoms with Gasteiger partial charge in [-0.15, -0.1) is 0 Å². The Morgan fingerprint density at radius 3 is 1.35 bits per heavy atom. The first-order chi connectivity index (χ1) is 9.81. The number of nitrogens with one attached hydrogen (secondary N) is 2. The maximum Gasteiger partial charge on any atom is 0.314 e. The molecule has 3 heteroatoms. The lowest BCUT2D eigenvalue weighted by Gasteiger charge is -2.07. The summed E-state index contributed by atoms with van der Waals surface area (Å²) in [6.45, 7) is 6.09. The van der Waals surface area contributed by atoms with E-state index in [9.17, 15) is 4.79 Å². The van der Waals surface area contributed by atoms with E-state index >= 15 is 0 Å². The van der Waals surface area contributed by atoms with E-state index in [-0.39, 0.29) is 6.03 Å². The second-order valence-corrected chi connectivity index (χ2v) is 5.72. The highest BCUT2D eigenvalue weighted by Crippen LogP contribution is 2.06. The van der Waals surface area contributed by atoms with Crippen LogP contribution in [0.25, 0.3) is 0 Å². The van der Waals surface area contributed by atoms with Crippen molar-refractivity contribution in [3.05, 3.63) is 0 Å². The molecule has 0 aromatic carbocycles. The number of carbonyl (C=O) groups excluding carboxylic acids is 1. The van der Waals surface area contributed by atoms with Crippen LogP contribution in [0.4, 0.5) is 4.79 Å². The Balaban J connectivity index is 3.12. The highest BCUT2D eigenvalue weighted by molar-refractivity contribution is 5.73. The fourth-order valence-electron chi connectivity index (χ4n) is 2.28. The van der Waals surface area contributed by atoms with Gasteiger partial charge in [0.1, 0.15) is 0 Å². The maximum atomic E-state index is 11.5. The fourth-order valence-corrected chi connectivity index (χ4v) is 2.28. The summed E-state index contributed by atoms with van der Waals surface area (Å²) >= 11 is 0. The van der Waals surface area contributed by atoms with Gasteiger partial charge in [-0.1, -0.05) is 78.1 Å². The van der Waals surface area contributed by atoms with E-state index in [4.69, 9.17) is 0 Å². The van der Waals surface area contributed by atoms with Gasteiger partial charge in [0.25, 0.3) is 0 Å². The third-order valence-corrected chi connectivity index (χ3v) is 3.63. The molecule has 2 amide bonds. The van der Waals surface area contributed by atoms with Crippen LogP contribution in [0.2, 0.25) is 0 Å². The monoisotopic (exact) mass is 284 g/mol. The van der Waals surface area contributed by atoms with Crippen LogP contribution < -0.4 is 10.6 Å². The average molecular weight is 284 g/mol. The van der Waals surface area contributed by atoms with E-state index in [2.05, 4.69) is 24.5 Å². The molecule has 0 aliphatic rings. The van der Waals surface area contributed by atoms with Gasteiger partial charge in [0.05, 0.1) is 0 Å². The molecule has 120 valence electrons. The van der Waals surface area contributed by atoms with Gasteiger partial charge in [0.15, 0.2) is 0 Å². The van der Waals surface area contributed by atoms with Crippen molar-refractivity contribution in [3.8, 4) is 0 Å². The van der Waals surface area contributed by atoms with Crippen LogP contribution >= 0.6 is 0 Å². The standard InChI is InChI=1S/C17H36N2O/c1-3-5-7-9-10-12-14-16-19-17(20)18-15-13-11-8-6-4-2/h3-16H2,1-2H3,(H2,18,19,20). The van der Waals surface area contributed by atoms with Crippen LogP contribution in [-0.2, 0) is 0 Å². The number of rotatable bonds is 14. The van der Waals surface area contributed by atoms with Crippen molar-refractivity contribution in [3.63, 3.8) is 0 Å². The molecule has 0 radical (unpaired) electrons. The number of hydrogen-bond acceptors (Lipinski definition) is 1. The SMILES string of the molecule is CCCCCCCCCNC(=O)NCCCCCCC. The average Bonchev–Trinajstić information content (AvgIpc) is 2.45. The zero-order valence-electron chi connectivity index (χ0n) is 13.8. The number of unbranched alkanes of at least 4 members (excludes halogenated alkanes) is 10. The molecule has 0 fully saturated rings. The van der Waals surface area contributed by atoms with Crippen molar-refractivity contribution in [2.45, 2.75) is 90.9 Å². The van der Waals surface area contributed by atoms with Crippen LogP contribution in [0.1, 0.15) is 90.9 Å². The molecule has 0 aromatic heterocycles. The Labute approximate surface area is 126 Å². The van der Waals surface area contributed by atoms with Crippen molar-refractivity contribution >= 4 is 6.03 Å². The molecule has 2 N–H and O–H groups in total. The highest BCUT2D eigenvalue weighted by Gasteiger charge is 1.98. The van der Waals surface area contributed by atoms with E-state index in [0.29, 0.717) is 0 Å². The Morgan fingerprint density at radius 1 is 0.600 bits per heavy atom. The van der Waals surface area contributed by atoms with Crippen LogP contribution in [0.3, 0.4) is 0 Å². The van der Waals surface area contributed by atoms with Crippen molar-refractivity contribution in [1.29, 1.82) is 0 Å². The summed E-state index contributed by atoms with van der Waals surface area (Å²) in [7, 11) is 0. The smallest absolute Gasteiger partial charge is 0.314 e. The van der Waals surface area contributed by atoms with Gasteiger partial charge in [-0.05, 0) is 12.8 Å². The quantitative estimate of drug-likeness (QED) is 0.433. The summed E-state index contributed by atoms with van der Waals surface area (Å²) in [5.41, 5.74) is 0. The lowest BCUT2D eigenvalue weighted by molar-refractivity contribution is 0.240. The van der Waals surface area contributed by atoms with Gasteiger partial charge in [0.2, 0.25) is 0 Å². The first kappa shape index (κ1) is 19.3. The number of amides is 2. The lowest BCUT2D eigenvalue weighted by atomic mass is 10.1. The largest absolute Gasteiger partial charge is 0.338 e. The second-order valence-electron chi connectivity index (χ2n) is 5.72. The molecular formula is C17H36N2O. The van der Waals surface area contributed by atoms with E-state index < -0.39 is 0 Å². The Bertz CT molecular complexity index is 207. The molecule has 0 unspecified atom stereocenters. The number of urea groups is 1.